The van der Waals surface area contributed by atoms with E-state index in [9.17, 15) is 9.59 Å². The average molecular weight is 387 g/mol. The molecular formula is C23H34N2O3. The van der Waals surface area contributed by atoms with Crippen molar-refractivity contribution in [3.8, 4) is 5.75 Å². The van der Waals surface area contributed by atoms with E-state index >= 15 is 0 Å². The van der Waals surface area contributed by atoms with Crippen molar-refractivity contribution in [1.82, 2.24) is 4.90 Å². The molecule has 2 amide bonds. The zero-order valence-electron chi connectivity index (χ0n) is 18.3. The van der Waals surface area contributed by atoms with Crippen molar-refractivity contribution in [3.63, 3.8) is 0 Å². The van der Waals surface area contributed by atoms with E-state index in [-0.39, 0.29) is 23.1 Å². The molecule has 0 spiro atoms. The topological polar surface area (TPSA) is 72.6 Å². The first-order valence-corrected chi connectivity index (χ1v) is 10.2. The van der Waals surface area contributed by atoms with Crippen LogP contribution in [-0.2, 0) is 9.59 Å². The van der Waals surface area contributed by atoms with Gasteiger partial charge in [-0.3, -0.25) is 9.59 Å². The number of fused-ring (bicyclic) bond motifs is 1. The maximum Gasteiger partial charge on any atom is 0.266 e. The Balaban J connectivity index is 1.83. The zero-order valence-corrected chi connectivity index (χ0v) is 18.3. The van der Waals surface area contributed by atoms with Crippen LogP contribution in [0, 0.1) is 23.7 Å². The van der Waals surface area contributed by atoms with Gasteiger partial charge in [0.25, 0.3) is 5.91 Å². The van der Waals surface area contributed by atoms with Gasteiger partial charge in [-0.25, -0.2) is 0 Å². The first kappa shape index (κ1) is 20.7. The van der Waals surface area contributed by atoms with Crippen LogP contribution >= 0.6 is 0 Å². The Bertz CT molecular complexity index is 812. The molecule has 2 aliphatic rings. The van der Waals surface area contributed by atoms with Gasteiger partial charge in [-0.2, -0.15) is 0 Å². The molecular weight excluding hydrogens is 352 g/mol. The van der Waals surface area contributed by atoms with Crippen LogP contribution in [0.4, 0.5) is 0 Å². The molecule has 28 heavy (non-hydrogen) atoms. The second-order valence-corrected chi connectivity index (χ2v) is 10.2. The summed E-state index contributed by atoms with van der Waals surface area (Å²) in [5.41, 5.74) is 6.35. The highest BCUT2D eigenvalue weighted by Gasteiger charge is 2.67. The largest absolute Gasteiger partial charge is 0.478 e. The molecule has 1 heterocycles. The number of amides is 2. The summed E-state index contributed by atoms with van der Waals surface area (Å²) < 4.78 is 6.28. The van der Waals surface area contributed by atoms with E-state index in [0.717, 1.165) is 23.3 Å². The minimum Gasteiger partial charge on any atom is -0.478 e. The molecule has 3 rings (SSSR count). The summed E-state index contributed by atoms with van der Waals surface area (Å²) >= 11 is 0. The fraction of sp³-hybridized carbons (Fsp3) is 0.652. The van der Waals surface area contributed by atoms with Crippen LogP contribution in [-0.4, -0.2) is 35.4 Å². The van der Waals surface area contributed by atoms with Crippen molar-refractivity contribution in [1.29, 1.82) is 0 Å². The lowest BCUT2D eigenvalue weighted by Crippen LogP contribution is -2.59. The van der Waals surface area contributed by atoms with Gasteiger partial charge in [0.15, 0.2) is 5.60 Å². The van der Waals surface area contributed by atoms with Crippen molar-refractivity contribution in [2.24, 2.45) is 22.5 Å². The van der Waals surface area contributed by atoms with Crippen LogP contribution in [0.1, 0.15) is 65.0 Å². The van der Waals surface area contributed by atoms with Gasteiger partial charge in [0.1, 0.15) is 5.75 Å². The molecule has 1 aromatic carbocycles. The zero-order chi connectivity index (χ0) is 21.1. The monoisotopic (exact) mass is 386 g/mol. The van der Waals surface area contributed by atoms with E-state index in [2.05, 4.69) is 39.8 Å². The lowest BCUT2D eigenvalue weighted by atomic mass is 9.48. The number of likely N-dealkylation sites (tertiary alicyclic amines) is 1. The molecule has 154 valence electrons. The highest BCUT2D eigenvalue weighted by atomic mass is 16.5. The molecule has 0 aromatic heterocycles. The molecule has 0 unspecified atom stereocenters. The molecule has 2 atom stereocenters. The van der Waals surface area contributed by atoms with E-state index in [1.807, 2.05) is 26.8 Å². The van der Waals surface area contributed by atoms with Gasteiger partial charge >= 0.3 is 0 Å². The minimum atomic E-state index is -1.02. The Morgan fingerprint density at radius 3 is 2.43 bits per heavy atom. The van der Waals surface area contributed by atoms with Gasteiger partial charge in [0.05, 0.1) is 5.41 Å². The summed E-state index contributed by atoms with van der Waals surface area (Å²) in [6.07, 6.45) is 0.737. The second-order valence-electron chi connectivity index (χ2n) is 10.2. The fourth-order valence-electron chi connectivity index (χ4n) is 5.29. The summed E-state index contributed by atoms with van der Waals surface area (Å²) in [4.78, 5) is 27.4. The molecule has 1 saturated heterocycles. The predicted octanol–water partition coefficient (Wildman–Crippen LogP) is 3.64. The van der Waals surface area contributed by atoms with Gasteiger partial charge in [0.2, 0.25) is 5.91 Å². The summed E-state index contributed by atoms with van der Waals surface area (Å²) in [5, 5.41) is 0. The van der Waals surface area contributed by atoms with Crippen molar-refractivity contribution in [2.75, 3.05) is 13.1 Å². The third kappa shape index (κ3) is 3.19. The number of hydrogen-bond acceptors (Lipinski definition) is 3. The van der Waals surface area contributed by atoms with Crippen LogP contribution in [0.15, 0.2) is 18.2 Å². The molecule has 1 aliphatic carbocycles. The van der Waals surface area contributed by atoms with E-state index in [1.165, 1.54) is 0 Å². The number of primary amides is 1. The molecule has 2 N–H and O–H groups in total. The van der Waals surface area contributed by atoms with E-state index in [4.69, 9.17) is 10.5 Å². The smallest absolute Gasteiger partial charge is 0.266 e. The quantitative estimate of drug-likeness (QED) is 0.840. The van der Waals surface area contributed by atoms with Crippen molar-refractivity contribution < 1.29 is 14.3 Å². The maximum absolute atomic E-state index is 13.4. The van der Waals surface area contributed by atoms with Crippen LogP contribution in [0.2, 0.25) is 0 Å². The first-order valence-electron chi connectivity index (χ1n) is 10.2. The average Bonchev–Trinajstić information content (AvgIpc) is 2.89. The SMILES string of the molecule is Cc1ccc(C(C)C)c(OC(C)(C)C(=O)N2C[C@@H]3C(C)(C)C[C@]3(C(N)=O)C2)c1. The fourth-order valence-corrected chi connectivity index (χ4v) is 5.29. The van der Waals surface area contributed by atoms with E-state index in [1.54, 1.807) is 4.90 Å². The Labute approximate surface area is 168 Å². The number of carbonyl (C=O) groups is 2. The van der Waals surface area contributed by atoms with Crippen LogP contribution in [0.5, 0.6) is 5.75 Å². The van der Waals surface area contributed by atoms with Crippen molar-refractivity contribution in [3.05, 3.63) is 29.3 Å². The van der Waals surface area contributed by atoms with Crippen LogP contribution in [0.3, 0.4) is 0 Å². The number of aryl methyl sites for hydroxylation is 1. The van der Waals surface area contributed by atoms with E-state index in [0.29, 0.717) is 19.0 Å². The number of carbonyl (C=O) groups excluding carboxylic acids is 2. The third-order valence-electron chi connectivity index (χ3n) is 6.71. The lowest BCUT2D eigenvalue weighted by molar-refractivity contribution is -0.149. The molecule has 0 bridgehead atoms. The summed E-state index contributed by atoms with van der Waals surface area (Å²) in [7, 11) is 0. The maximum atomic E-state index is 13.4. The number of nitrogens with zero attached hydrogens (tertiary/aromatic N) is 1. The Hall–Kier alpha value is -2.04. The molecule has 5 heteroatoms. The van der Waals surface area contributed by atoms with Gasteiger partial charge in [-0.05, 0) is 61.6 Å². The number of ether oxygens (including phenoxy) is 1. The van der Waals surface area contributed by atoms with Crippen molar-refractivity contribution in [2.45, 2.75) is 66.4 Å². The lowest BCUT2D eigenvalue weighted by Gasteiger charge is -2.54. The highest BCUT2D eigenvalue weighted by Crippen LogP contribution is 2.62. The highest BCUT2D eigenvalue weighted by molar-refractivity contribution is 5.89. The van der Waals surface area contributed by atoms with E-state index < -0.39 is 11.0 Å². The van der Waals surface area contributed by atoms with Gasteiger partial charge in [0, 0.05) is 13.1 Å². The Kier molecular flexibility index (Phi) is 4.80. The molecule has 2 fully saturated rings. The molecule has 1 aliphatic heterocycles. The summed E-state index contributed by atoms with van der Waals surface area (Å²) in [5.74, 6) is 0.784. The van der Waals surface area contributed by atoms with Gasteiger partial charge in [-0.15, -0.1) is 0 Å². The molecule has 1 aromatic rings. The summed E-state index contributed by atoms with van der Waals surface area (Å²) in [6, 6.07) is 6.12. The first-order chi connectivity index (χ1) is 12.8. The minimum absolute atomic E-state index is 0.0242. The third-order valence-corrected chi connectivity index (χ3v) is 6.71. The number of nitrogens with two attached hydrogens (primary N) is 1. The number of hydrogen-bond donors (Lipinski definition) is 1. The number of benzene rings is 1. The molecule has 0 radical (unpaired) electrons. The normalized spacial score (nSPS) is 26.0. The molecule has 5 nitrogen and oxygen atoms in total. The van der Waals surface area contributed by atoms with Gasteiger partial charge in [-0.1, -0.05) is 39.8 Å². The summed E-state index contributed by atoms with van der Waals surface area (Å²) in [6.45, 7) is 15.1. The van der Waals surface area contributed by atoms with Crippen molar-refractivity contribution >= 4 is 11.8 Å². The molecule has 1 saturated carbocycles. The second kappa shape index (κ2) is 6.50. The number of rotatable bonds is 5. The standard InChI is InChI=1S/C23H34N2O3/c1-14(2)16-9-8-15(3)10-17(16)28-22(6,7)20(27)25-11-18-21(4,5)12-23(18,13-25)19(24)26/h8-10,14,18H,11-13H2,1-7H3,(H2,24,26)/t18-,23+/m1/s1. The Morgan fingerprint density at radius 2 is 1.93 bits per heavy atom. The van der Waals surface area contributed by atoms with Gasteiger partial charge < -0.3 is 15.4 Å². The van der Waals surface area contributed by atoms with Crippen LogP contribution < -0.4 is 10.5 Å². The Morgan fingerprint density at radius 1 is 1.29 bits per heavy atom. The predicted molar refractivity (Wildman–Crippen MR) is 110 cm³/mol. The van der Waals surface area contributed by atoms with Crippen LogP contribution in [0.25, 0.3) is 0 Å².